The minimum absolute atomic E-state index is 0.464. The van der Waals surface area contributed by atoms with E-state index in [-0.39, 0.29) is 0 Å². The third-order valence-corrected chi connectivity index (χ3v) is 3.65. The van der Waals surface area contributed by atoms with Gasteiger partial charge in [-0.3, -0.25) is 0 Å². The molecule has 1 N–H and O–H groups in total. The van der Waals surface area contributed by atoms with Gasteiger partial charge >= 0.3 is 0 Å². The topological polar surface area (TPSA) is 37.4 Å². The second-order valence-corrected chi connectivity index (χ2v) is 5.99. The third-order valence-electron chi connectivity index (χ3n) is 3.65. The van der Waals surface area contributed by atoms with E-state index in [1.54, 1.807) is 7.11 Å². The fraction of sp³-hybridized carbons (Fsp3) is 0.706. The summed E-state index contributed by atoms with van der Waals surface area (Å²) in [7, 11) is 1.74. The fourth-order valence-corrected chi connectivity index (χ4v) is 2.20. The first-order valence-corrected chi connectivity index (χ1v) is 7.99. The van der Waals surface area contributed by atoms with E-state index >= 15 is 0 Å². The highest BCUT2D eigenvalue weighted by atomic mass is 16.5. The summed E-state index contributed by atoms with van der Waals surface area (Å²) in [5.41, 5.74) is 1.28. The standard InChI is InChI=1S/C17H31N3O/c1-6-15(4)20(9-10-21-5)17-11-16(7-8-19-17)13-18-12-14(2)3/h7-8,11,14-15,18H,6,9-10,12-13H2,1-5H3. The predicted molar refractivity (Wildman–Crippen MR) is 89.8 cm³/mol. The molecule has 0 aliphatic rings. The lowest BCUT2D eigenvalue weighted by molar-refractivity contribution is 0.203. The van der Waals surface area contributed by atoms with E-state index in [0.717, 1.165) is 38.5 Å². The second-order valence-electron chi connectivity index (χ2n) is 5.99. The van der Waals surface area contributed by atoms with Crippen molar-refractivity contribution in [3.63, 3.8) is 0 Å². The van der Waals surface area contributed by atoms with Gasteiger partial charge in [0.1, 0.15) is 5.82 Å². The van der Waals surface area contributed by atoms with Crippen LogP contribution in [0.3, 0.4) is 0 Å². The molecule has 0 saturated carbocycles. The van der Waals surface area contributed by atoms with E-state index in [2.05, 4.69) is 55.0 Å². The van der Waals surface area contributed by atoms with Crippen molar-refractivity contribution < 1.29 is 4.74 Å². The Labute approximate surface area is 129 Å². The van der Waals surface area contributed by atoms with Crippen molar-refractivity contribution in [2.45, 2.75) is 46.7 Å². The van der Waals surface area contributed by atoms with E-state index < -0.39 is 0 Å². The van der Waals surface area contributed by atoms with Gasteiger partial charge < -0.3 is 15.0 Å². The average molecular weight is 293 g/mol. The van der Waals surface area contributed by atoms with E-state index in [0.29, 0.717) is 12.0 Å². The molecule has 4 heteroatoms. The molecule has 0 radical (unpaired) electrons. The Hall–Kier alpha value is -1.13. The summed E-state index contributed by atoms with van der Waals surface area (Å²) in [5, 5.41) is 3.48. The molecule has 0 saturated heterocycles. The summed E-state index contributed by atoms with van der Waals surface area (Å²) in [4.78, 5) is 6.88. The molecule has 0 fully saturated rings. The summed E-state index contributed by atoms with van der Waals surface area (Å²) in [6.45, 7) is 12.4. The maximum absolute atomic E-state index is 5.23. The van der Waals surface area contributed by atoms with Crippen LogP contribution in [-0.2, 0) is 11.3 Å². The lowest BCUT2D eigenvalue weighted by Crippen LogP contribution is -2.36. The van der Waals surface area contributed by atoms with Crippen molar-refractivity contribution in [1.82, 2.24) is 10.3 Å². The number of aromatic nitrogens is 1. The van der Waals surface area contributed by atoms with Crippen LogP contribution in [0.15, 0.2) is 18.3 Å². The predicted octanol–water partition coefficient (Wildman–Crippen LogP) is 3.08. The Kier molecular flexibility index (Phi) is 8.31. The molecule has 1 heterocycles. The molecule has 0 aliphatic carbocycles. The zero-order valence-electron chi connectivity index (χ0n) is 14.2. The Morgan fingerprint density at radius 1 is 1.33 bits per heavy atom. The highest BCUT2D eigenvalue weighted by molar-refractivity contribution is 5.42. The number of hydrogen-bond donors (Lipinski definition) is 1. The molecule has 1 unspecified atom stereocenters. The minimum Gasteiger partial charge on any atom is -0.383 e. The van der Waals surface area contributed by atoms with Gasteiger partial charge in [-0.2, -0.15) is 0 Å². The smallest absolute Gasteiger partial charge is 0.129 e. The summed E-state index contributed by atoms with van der Waals surface area (Å²) in [6.07, 6.45) is 3.01. The normalized spacial score (nSPS) is 12.7. The number of nitrogens with one attached hydrogen (secondary N) is 1. The summed E-state index contributed by atoms with van der Waals surface area (Å²) in [5.74, 6) is 1.72. The number of ether oxygens (including phenoxy) is 1. The zero-order valence-corrected chi connectivity index (χ0v) is 14.2. The number of rotatable bonds is 10. The van der Waals surface area contributed by atoms with Crippen molar-refractivity contribution in [2.75, 3.05) is 31.7 Å². The van der Waals surface area contributed by atoms with E-state index in [4.69, 9.17) is 4.74 Å². The number of hydrogen-bond acceptors (Lipinski definition) is 4. The highest BCUT2D eigenvalue weighted by Crippen LogP contribution is 2.17. The lowest BCUT2D eigenvalue weighted by Gasteiger charge is -2.29. The monoisotopic (exact) mass is 293 g/mol. The molecule has 120 valence electrons. The number of anilines is 1. The molecule has 1 rings (SSSR count). The van der Waals surface area contributed by atoms with Gasteiger partial charge in [0.25, 0.3) is 0 Å². The quantitative estimate of drug-likeness (QED) is 0.719. The van der Waals surface area contributed by atoms with Crippen molar-refractivity contribution in [3.05, 3.63) is 23.9 Å². The maximum atomic E-state index is 5.23. The van der Waals surface area contributed by atoms with Crippen LogP contribution < -0.4 is 10.2 Å². The molecule has 4 nitrogen and oxygen atoms in total. The SMILES string of the molecule is CCC(C)N(CCOC)c1cc(CNCC(C)C)ccn1. The summed E-state index contributed by atoms with van der Waals surface area (Å²) >= 11 is 0. The van der Waals surface area contributed by atoms with Crippen molar-refractivity contribution >= 4 is 5.82 Å². The molecule has 0 bridgehead atoms. The Morgan fingerprint density at radius 2 is 2.10 bits per heavy atom. The van der Waals surface area contributed by atoms with Crippen LogP contribution in [0.4, 0.5) is 5.82 Å². The van der Waals surface area contributed by atoms with Crippen LogP contribution in [0.25, 0.3) is 0 Å². The van der Waals surface area contributed by atoms with Gasteiger partial charge in [0.05, 0.1) is 6.61 Å². The van der Waals surface area contributed by atoms with Crippen LogP contribution in [0.5, 0.6) is 0 Å². The van der Waals surface area contributed by atoms with Crippen LogP contribution in [-0.4, -0.2) is 37.8 Å². The summed E-state index contributed by atoms with van der Waals surface area (Å²) in [6, 6.07) is 4.74. The molecule has 0 aromatic carbocycles. The third kappa shape index (κ3) is 6.44. The number of pyridine rings is 1. The van der Waals surface area contributed by atoms with Crippen LogP contribution in [0.2, 0.25) is 0 Å². The van der Waals surface area contributed by atoms with Gasteiger partial charge in [0.15, 0.2) is 0 Å². The largest absolute Gasteiger partial charge is 0.383 e. The Bertz CT molecular complexity index is 395. The van der Waals surface area contributed by atoms with Gasteiger partial charge in [-0.05, 0) is 43.5 Å². The molecule has 0 aliphatic heterocycles. The molecular formula is C17H31N3O. The number of methoxy groups -OCH3 is 1. The summed E-state index contributed by atoms with van der Waals surface area (Å²) < 4.78 is 5.23. The van der Waals surface area contributed by atoms with Crippen LogP contribution in [0, 0.1) is 5.92 Å². The van der Waals surface area contributed by atoms with E-state index in [1.165, 1.54) is 5.56 Å². The number of nitrogens with zero attached hydrogens (tertiary/aromatic N) is 2. The van der Waals surface area contributed by atoms with Gasteiger partial charge in [-0.1, -0.05) is 20.8 Å². The van der Waals surface area contributed by atoms with E-state index in [1.807, 2.05) is 6.20 Å². The molecule has 1 aromatic heterocycles. The fourth-order valence-electron chi connectivity index (χ4n) is 2.20. The molecule has 0 spiro atoms. The highest BCUT2D eigenvalue weighted by Gasteiger charge is 2.14. The van der Waals surface area contributed by atoms with Gasteiger partial charge in [-0.25, -0.2) is 4.98 Å². The molecular weight excluding hydrogens is 262 g/mol. The van der Waals surface area contributed by atoms with E-state index in [9.17, 15) is 0 Å². The first-order chi connectivity index (χ1) is 10.1. The van der Waals surface area contributed by atoms with Crippen molar-refractivity contribution in [2.24, 2.45) is 5.92 Å². The average Bonchev–Trinajstić information content (AvgIpc) is 2.47. The van der Waals surface area contributed by atoms with Gasteiger partial charge in [0.2, 0.25) is 0 Å². The Morgan fingerprint density at radius 3 is 2.71 bits per heavy atom. The maximum Gasteiger partial charge on any atom is 0.129 e. The Balaban J connectivity index is 2.73. The first-order valence-electron chi connectivity index (χ1n) is 7.99. The van der Waals surface area contributed by atoms with Gasteiger partial charge in [-0.15, -0.1) is 0 Å². The molecule has 0 amide bonds. The second kappa shape index (κ2) is 9.74. The molecule has 21 heavy (non-hydrogen) atoms. The van der Waals surface area contributed by atoms with Crippen molar-refractivity contribution in [1.29, 1.82) is 0 Å². The lowest BCUT2D eigenvalue weighted by atomic mass is 10.2. The van der Waals surface area contributed by atoms with Crippen LogP contribution in [0.1, 0.15) is 39.7 Å². The molecule has 1 aromatic rings. The zero-order chi connectivity index (χ0) is 15.7. The first kappa shape index (κ1) is 17.9. The van der Waals surface area contributed by atoms with Gasteiger partial charge in [0, 0.05) is 32.4 Å². The minimum atomic E-state index is 0.464. The molecule has 1 atom stereocenters. The van der Waals surface area contributed by atoms with Crippen molar-refractivity contribution in [3.8, 4) is 0 Å². The van der Waals surface area contributed by atoms with Crippen LogP contribution >= 0.6 is 0 Å².